The highest BCUT2D eigenvalue weighted by Crippen LogP contribution is 2.33. The zero-order valence-electron chi connectivity index (χ0n) is 12.4. The summed E-state index contributed by atoms with van der Waals surface area (Å²) < 4.78 is 5.50. The minimum atomic E-state index is 0.178. The van der Waals surface area contributed by atoms with E-state index in [2.05, 4.69) is 13.5 Å². The van der Waals surface area contributed by atoms with Crippen LogP contribution < -0.4 is 0 Å². The third-order valence-electron chi connectivity index (χ3n) is 4.58. The van der Waals surface area contributed by atoms with Crippen molar-refractivity contribution in [1.82, 2.24) is 4.90 Å². The molecule has 0 radical (unpaired) electrons. The third kappa shape index (κ3) is 3.99. The molecule has 1 saturated heterocycles. The van der Waals surface area contributed by atoms with Crippen LogP contribution in [0.1, 0.15) is 52.4 Å². The van der Waals surface area contributed by atoms with E-state index >= 15 is 0 Å². The summed E-state index contributed by atoms with van der Waals surface area (Å²) in [5.74, 6) is 2.59. The fraction of sp³-hybridized carbons (Fsp3) is 0.812. The maximum atomic E-state index is 12.1. The van der Waals surface area contributed by atoms with Gasteiger partial charge in [0, 0.05) is 6.42 Å². The maximum Gasteiger partial charge on any atom is 0.223 e. The first kappa shape index (κ1) is 14.4. The van der Waals surface area contributed by atoms with E-state index in [-0.39, 0.29) is 6.10 Å². The van der Waals surface area contributed by atoms with Crippen molar-refractivity contribution in [3.05, 3.63) is 12.3 Å². The van der Waals surface area contributed by atoms with Gasteiger partial charge in [-0.05, 0) is 31.6 Å². The molecule has 1 heterocycles. The average Bonchev–Trinajstić information content (AvgIpc) is 2.33. The minimum Gasteiger partial charge on any atom is -0.492 e. The van der Waals surface area contributed by atoms with Crippen molar-refractivity contribution in [3.63, 3.8) is 0 Å². The van der Waals surface area contributed by atoms with Crippen LogP contribution in [-0.2, 0) is 9.53 Å². The predicted octanol–water partition coefficient (Wildman–Crippen LogP) is 3.35. The van der Waals surface area contributed by atoms with Gasteiger partial charge in [-0.25, -0.2) is 0 Å². The zero-order chi connectivity index (χ0) is 13.8. The fourth-order valence-corrected chi connectivity index (χ4v) is 3.22. The predicted molar refractivity (Wildman–Crippen MR) is 76.6 cm³/mol. The monoisotopic (exact) mass is 265 g/mol. The molecule has 0 bridgehead atoms. The Labute approximate surface area is 117 Å². The molecular formula is C16H27NO2. The molecular weight excluding hydrogens is 238 g/mol. The number of hydrogen-bond acceptors (Lipinski definition) is 2. The molecule has 2 aliphatic rings. The zero-order valence-corrected chi connectivity index (χ0v) is 12.4. The molecule has 1 aliphatic heterocycles. The first-order valence-electron chi connectivity index (χ1n) is 7.68. The fourth-order valence-electron chi connectivity index (χ4n) is 3.22. The van der Waals surface area contributed by atoms with E-state index in [1.807, 2.05) is 11.8 Å². The Balaban J connectivity index is 1.65. The summed E-state index contributed by atoms with van der Waals surface area (Å²) >= 11 is 0. The molecule has 0 aromatic carbocycles. The largest absolute Gasteiger partial charge is 0.492 e. The Kier molecular flexibility index (Phi) is 4.89. The summed E-state index contributed by atoms with van der Waals surface area (Å²) in [7, 11) is 0. The number of allylic oxidation sites excluding steroid dienone is 1. The number of ether oxygens (including phenoxy) is 1. The number of nitrogens with zero attached hydrogens (tertiary/aromatic N) is 1. The molecule has 1 aliphatic carbocycles. The molecule has 3 heteroatoms. The number of carbonyl (C=O) groups is 1. The summed E-state index contributed by atoms with van der Waals surface area (Å²) in [6.45, 7) is 9.36. The highest BCUT2D eigenvalue weighted by atomic mass is 16.5. The molecule has 0 spiro atoms. The quantitative estimate of drug-likeness (QED) is 0.713. The Morgan fingerprint density at radius 1 is 1.21 bits per heavy atom. The van der Waals surface area contributed by atoms with Crippen molar-refractivity contribution in [3.8, 4) is 0 Å². The van der Waals surface area contributed by atoms with Crippen molar-refractivity contribution in [2.45, 2.75) is 58.5 Å². The van der Waals surface area contributed by atoms with Gasteiger partial charge in [-0.2, -0.15) is 0 Å². The lowest BCUT2D eigenvalue weighted by molar-refractivity contribution is -0.143. The highest BCUT2D eigenvalue weighted by Gasteiger charge is 2.33. The summed E-state index contributed by atoms with van der Waals surface area (Å²) in [6.07, 6.45) is 7.33. The molecule has 1 saturated carbocycles. The lowest BCUT2D eigenvalue weighted by atomic mass is 9.79. The van der Waals surface area contributed by atoms with Gasteiger partial charge in [0.05, 0.1) is 18.8 Å². The van der Waals surface area contributed by atoms with E-state index in [1.54, 1.807) is 0 Å². The number of rotatable bonds is 5. The molecule has 19 heavy (non-hydrogen) atoms. The number of likely N-dealkylation sites (tertiary alicyclic amines) is 1. The van der Waals surface area contributed by atoms with Gasteiger partial charge in [0.2, 0.25) is 5.91 Å². The standard InChI is InChI=1S/C16H27NO2/c1-4-13-5-7-14(8-6-13)9-16(18)17-10-15(11-17)19-12(2)3/h13-15H,2,4-11H2,1,3H3. The van der Waals surface area contributed by atoms with Gasteiger partial charge in [-0.3, -0.25) is 4.79 Å². The van der Waals surface area contributed by atoms with Gasteiger partial charge in [0.1, 0.15) is 6.10 Å². The van der Waals surface area contributed by atoms with Crippen LogP contribution in [0.5, 0.6) is 0 Å². The molecule has 0 atom stereocenters. The lowest BCUT2D eigenvalue weighted by Crippen LogP contribution is -2.54. The first-order chi connectivity index (χ1) is 9.08. The summed E-state index contributed by atoms with van der Waals surface area (Å²) in [5, 5.41) is 0. The second-order valence-corrected chi connectivity index (χ2v) is 6.24. The van der Waals surface area contributed by atoms with Crippen LogP contribution in [0.15, 0.2) is 12.3 Å². The van der Waals surface area contributed by atoms with Crippen LogP contribution in [0.3, 0.4) is 0 Å². The van der Waals surface area contributed by atoms with Crippen LogP contribution in [0.4, 0.5) is 0 Å². The van der Waals surface area contributed by atoms with Crippen molar-refractivity contribution >= 4 is 5.91 Å². The van der Waals surface area contributed by atoms with Crippen molar-refractivity contribution in [1.29, 1.82) is 0 Å². The van der Waals surface area contributed by atoms with E-state index in [0.717, 1.165) is 31.2 Å². The van der Waals surface area contributed by atoms with E-state index < -0.39 is 0 Å². The van der Waals surface area contributed by atoms with E-state index in [1.165, 1.54) is 32.1 Å². The Hall–Kier alpha value is -0.990. The molecule has 108 valence electrons. The van der Waals surface area contributed by atoms with Crippen LogP contribution >= 0.6 is 0 Å². The lowest BCUT2D eigenvalue weighted by Gasteiger charge is -2.40. The number of amides is 1. The SMILES string of the molecule is C=C(C)OC1CN(C(=O)CC2CCC(CC)CC2)C1. The van der Waals surface area contributed by atoms with Crippen LogP contribution in [0.2, 0.25) is 0 Å². The highest BCUT2D eigenvalue weighted by molar-refractivity contribution is 5.77. The van der Waals surface area contributed by atoms with Crippen LogP contribution in [0.25, 0.3) is 0 Å². The molecule has 0 unspecified atom stereocenters. The van der Waals surface area contributed by atoms with Crippen LogP contribution in [-0.4, -0.2) is 30.0 Å². The minimum absolute atomic E-state index is 0.178. The molecule has 0 aromatic heterocycles. The molecule has 0 N–H and O–H groups in total. The Morgan fingerprint density at radius 2 is 1.79 bits per heavy atom. The van der Waals surface area contributed by atoms with Crippen molar-refractivity contribution in [2.24, 2.45) is 11.8 Å². The number of carbonyl (C=O) groups excluding carboxylic acids is 1. The van der Waals surface area contributed by atoms with Crippen molar-refractivity contribution < 1.29 is 9.53 Å². The molecule has 1 amide bonds. The van der Waals surface area contributed by atoms with Gasteiger partial charge < -0.3 is 9.64 Å². The number of hydrogen-bond donors (Lipinski definition) is 0. The van der Waals surface area contributed by atoms with Gasteiger partial charge in [0.15, 0.2) is 0 Å². The molecule has 0 aromatic rings. The van der Waals surface area contributed by atoms with Gasteiger partial charge >= 0.3 is 0 Å². The third-order valence-corrected chi connectivity index (χ3v) is 4.58. The first-order valence-corrected chi connectivity index (χ1v) is 7.68. The molecule has 3 nitrogen and oxygen atoms in total. The van der Waals surface area contributed by atoms with Crippen molar-refractivity contribution in [2.75, 3.05) is 13.1 Å². The second-order valence-electron chi connectivity index (χ2n) is 6.24. The van der Waals surface area contributed by atoms with Gasteiger partial charge in [-0.1, -0.05) is 32.8 Å². The van der Waals surface area contributed by atoms with Gasteiger partial charge in [-0.15, -0.1) is 0 Å². The van der Waals surface area contributed by atoms with E-state index in [9.17, 15) is 4.79 Å². The average molecular weight is 265 g/mol. The Morgan fingerprint density at radius 3 is 2.32 bits per heavy atom. The van der Waals surface area contributed by atoms with E-state index in [0.29, 0.717) is 11.8 Å². The molecule has 2 fully saturated rings. The maximum absolute atomic E-state index is 12.1. The second kappa shape index (κ2) is 6.44. The van der Waals surface area contributed by atoms with E-state index in [4.69, 9.17) is 4.74 Å². The van der Waals surface area contributed by atoms with Gasteiger partial charge in [0.25, 0.3) is 0 Å². The summed E-state index contributed by atoms with van der Waals surface area (Å²) in [5.41, 5.74) is 0. The molecule has 2 rings (SSSR count). The topological polar surface area (TPSA) is 29.5 Å². The van der Waals surface area contributed by atoms with Crippen LogP contribution in [0, 0.1) is 11.8 Å². The smallest absolute Gasteiger partial charge is 0.223 e. The summed E-state index contributed by atoms with van der Waals surface area (Å²) in [6, 6.07) is 0. The Bertz CT molecular complexity index is 326. The summed E-state index contributed by atoms with van der Waals surface area (Å²) in [4.78, 5) is 14.1. The normalized spacial score (nSPS) is 27.8.